The van der Waals surface area contributed by atoms with E-state index in [2.05, 4.69) is 5.32 Å². The summed E-state index contributed by atoms with van der Waals surface area (Å²) in [6.07, 6.45) is 0. The summed E-state index contributed by atoms with van der Waals surface area (Å²) in [4.78, 5) is 12.6. The first-order chi connectivity index (χ1) is 12.5. The standard InChI is InChI=1S/C20H22FNO4/c1-12(2)19(13-4-7-17-18(11-13)26-9-8-25-17)22-20(23)14-5-6-16(24-3)15(21)10-14/h4-7,10-12,19H,8-9H2,1-3H3,(H,22,23). The predicted molar refractivity (Wildman–Crippen MR) is 95.4 cm³/mol. The average molecular weight is 359 g/mol. The van der Waals surface area contributed by atoms with Crippen molar-refractivity contribution in [2.24, 2.45) is 5.92 Å². The van der Waals surface area contributed by atoms with Gasteiger partial charge in [0.1, 0.15) is 13.2 Å². The van der Waals surface area contributed by atoms with E-state index in [-0.39, 0.29) is 29.2 Å². The summed E-state index contributed by atoms with van der Waals surface area (Å²) in [5.74, 6) is 0.689. The number of ether oxygens (including phenoxy) is 3. The van der Waals surface area contributed by atoms with Crippen molar-refractivity contribution in [1.29, 1.82) is 0 Å². The molecule has 138 valence electrons. The van der Waals surface area contributed by atoms with Gasteiger partial charge in [-0.15, -0.1) is 0 Å². The Kier molecular flexibility index (Phi) is 5.30. The Labute approximate surface area is 152 Å². The fourth-order valence-corrected chi connectivity index (χ4v) is 2.92. The van der Waals surface area contributed by atoms with Gasteiger partial charge in [-0.1, -0.05) is 19.9 Å². The molecule has 2 aromatic carbocycles. The molecule has 2 aromatic rings. The maximum absolute atomic E-state index is 13.9. The van der Waals surface area contributed by atoms with Gasteiger partial charge in [0.2, 0.25) is 0 Å². The largest absolute Gasteiger partial charge is 0.494 e. The van der Waals surface area contributed by atoms with E-state index in [0.717, 1.165) is 5.56 Å². The van der Waals surface area contributed by atoms with Gasteiger partial charge < -0.3 is 19.5 Å². The topological polar surface area (TPSA) is 56.8 Å². The molecule has 0 saturated heterocycles. The molecule has 0 spiro atoms. The molecular formula is C20H22FNO4. The van der Waals surface area contributed by atoms with Crippen LogP contribution < -0.4 is 19.5 Å². The van der Waals surface area contributed by atoms with Crippen molar-refractivity contribution in [1.82, 2.24) is 5.32 Å². The Morgan fingerprint density at radius 1 is 1.12 bits per heavy atom. The van der Waals surface area contributed by atoms with Gasteiger partial charge in [-0.25, -0.2) is 4.39 Å². The van der Waals surface area contributed by atoms with E-state index in [4.69, 9.17) is 14.2 Å². The van der Waals surface area contributed by atoms with E-state index in [0.29, 0.717) is 24.7 Å². The number of methoxy groups -OCH3 is 1. The number of hydrogen-bond donors (Lipinski definition) is 1. The smallest absolute Gasteiger partial charge is 0.251 e. The number of hydrogen-bond acceptors (Lipinski definition) is 4. The molecule has 0 saturated carbocycles. The highest BCUT2D eigenvalue weighted by Crippen LogP contribution is 2.34. The molecule has 0 radical (unpaired) electrons. The second-order valence-electron chi connectivity index (χ2n) is 6.45. The molecule has 0 aromatic heterocycles. The van der Waals surface area contributed by atoms with Gasteiger partial charge in [0, 0.05) is 5.56 Å². The van der Waals surface area contributed by atoms with Crippen molar-refractivity contribution in [2.45, 2.75) is 19.9 Å². The lowest BCUT2D eigenvalue weighted by molar-refractivity contribution is 0.0924. The summed E-state index contributed by atoms with van der Waals surface area (Å²) in [7, 11) is 1.38. The molecule has 1 N–H and O–H groups in total. The molecule has 3 rings (SSSR count). The molecule has 1 heterocycles. The molecule has 1 atom stereocenters. The number of carbonyl (C=O) groups excluding carboxylic acids is 1. The molecule has 1 aliphatic rings. The summed E-state index contributed by atoms with van der Waals surface area (Å²) >= 11 is 0. The van der Waals surface area contributed by atoms with Gasteiger partial charge in [0.15, 0.2) is 23.1 Å². The van der Waals surface area contributed by atoms with Crippen LogP contribution in [-0.2, 0) is 0 Å². The van der Waals surface area contributed by atoms with Crippen LogP contribution in [0.1, 0.15) is 35.8 Å². The SMILES string of the molecule is COc1ccc(C(=O)NC(c2ccc3c(c2)OCCO3)C(C)C)cc1F. The monoisotopic (exact) mass is 359 g/mol. The molecule has 0 aliphatic carbocycles. The fraction of sp³-hybridized carbons (Fsp3) is 0.350. The van der Waals surface area contributed by atoms with Gasteiger partial charge in [-0.3, -0.25) is 4.79 Å². The van der Waals surface area contributed by atoms with Crippen LogP contribution >= 0.6 is 0 Å². The van der Waals surface area contributed by atoms with Gasteiger partial charge in [0.05, 0.1) is 13.2 Å². The Morgan fingerprint density at radius 3 is 2.50 bits per heavy atom. The van der Waals surface area contributed by atoms with Crippen LogP contribution in [0.3, 0.4) is 0 Å². The van der Waals surface area contributed by atoms with E-state index in [9.17, 15) is 9.18 Å². The van der Waals surface area contributed by atoms with E-state index in [1.54, 1.807) is 6.07 Å². The van der Waals surface area contributed by atoms with Gasteiger partial charge in [-0.05, 0) is 41.8 Å². The Balaban J connectivity index is 1.82. The number of benzene rings is 2. The predicted octanol–water partition coefficient (Wildman–Crippen LogP) is 3.73. The van der Waals surface area contributed by atoms with E-state index >= 15 is 0 Å². The third-order valence-corrected chi connectivity index (χ3v) is 4.29. The van der Waals surface area contributed by atoms with Crippen LogP contribution in [0.4, 0.5) is 4.39 Å². The normalized spacial score (nSPS) is 14.0. The fourth-order valence-electron chi connectivity index (χ4n) is 2.92. The van der Waals surface area contributed by atoms with Gasteiger partial charge in [0.25, 0.3) is 5.91 Å². The first-order valence-electron chi connectivity index (χ1n) is 8.53. The molecular weight excluding hydrogens is 337 g/mol. The minimum atomic E-state index is -0.569. The van der Waals surface area contributed by atoms with Crippen LogP contribution in [0.15, 0.2) is 36.4 Å². The van der Waals surface area contributed by atoms with Crippen LogP contribution in [0.5, 0.6) is 17.2 Å². The summed E-state index contributed by atoms with van der Waals surface area (Å²) in [6.45, 7) is 5.05. The quantitative estimate of drug-likeness (QED) is 0.884. The van der Waals surface area contributed by atoms with E-state index < -0.39 is 5.82 Å². The highest BCUT2D eigenvalue weighted by Gasteiger charge is 2.22. The second kappa shape index (κ2) is 7.64. The van der Waals surface area contributed by atoms with Crippen LogP contribution in [-0.4, -0.2) is 26.2 Å². The summed E-state index contributed by atoms with van der Waals surface area (Å²) in [6, 6.07) is 9.55. The van der Waals surface area contributed by atoms with Crippen LogP contribution in [0.25, 0.3) is 0 Å². The number of fused-ring (bicyclic) bond motifs is 1. The minimum Gasteiger partial charge on any atom is -0.494 e. The van der Waals surface area contributed by atoms with Crippen molar-refractivity contribution in [2.75, 3.05) is 20.3 Å². The molecule has 1 unspecified atom stereocenters. The third kappa shape index (κ3) is 3.74. The van der Waals surface area contributed by atoms with Crippen molar-refractivity contribution in [3.63, 3.8) is 0 Å². The highest BCUT2D eigenvalue weighted by atomic mass is 19.1. The van der Waals surface area contributed by atoms with Crippen molar-refractivity contribution in [3.8, 4) is 17.2 Å². The van der Waals surface area contributed by atoms with Crippen molar-refractivity contribution >= 4 is 5.91 Å². The third-order valence-electron chi connectivity index (χ3n) is 4.29. The molecule has 0 fully saturated rings. The number of nitrogens with one attached hydrogen (secondary N) is 1. The van der Waals surface area contributed by atoms with Crippen molar-refractivity contribution in [3.05, 3.63) is 53.3 Å². The Hall–Kier alpha value is -2.76. The summed E-state index contributed by atoms with van der Waals surface area (Å²) < 4.78 is 29.9. The first-order valence-corrected chi connectivity index (χ1v) is 8.53. The minimum absolute atomic E-state index is 0.105. The Bertz CT molecular complexity index is 806. The summed E-state index contributed by atoms with van der Waals surface area (Å²) in [5.41, 5.74) is 1.15. The Morgan fingerprint density at radius 2 is 1.85 bits per heavy atom. The average Bonchev–Trinajstić information content (AvgIpc) is 2.65. The van der Waals surface area contributed by atoms with Gasteiger partial charge >= 0.3 is 0 Å². The van der Waals surface area contributed by atoms with E-state index in [1.165, 1.54) is 19.2 Å². The maximum Gasteiger partial charge on any atom is 0.251 e. The first kappa shape index (κ1) is 18.0. The molecule has 5 nitrogen and oxygen atoms in total. The molecule has 1 aliphatic heterocycles. The summed E-state index contributed by atoms with van der Waals surface area (Å²) in [5, 5.41) is 2.98. The molecule has 0 bridgehead atoms. The molecule has 6 heteroatoms. The zero-order valence-electron chi connectivity index (χ0n) is 15.0. The lowest BCUT2D eigenvalue weighted by Gasteiger charge is -2.25. The van der Waals surface area contributed by atoms with Gasteiger partial charge in [-0.2, -0.15) is 0 Å². The van der Waals surface area contributed by atoms with Crippen LogP contribution in [0, 0.1) is 11.7 Å². The number of carbonyl (C=O) groups is 1. The number of rotatable bonds is 5. The maximum atomic E-state index is 13.9. The zero-order valence-corrected chi connectivity index (χ0v) is 15.0. The lowest BCUT2D eigenvalue weighted by Crippen LogP contribution is -2.32. The van der Waals surface area contributed by atoms with E-state index in [1.807, 2.05) is 32.0 Å². The van der Waals surface area contributed by atoms with Crippen molar-refractivity contribution < 1.29 is 23.4 Å². The number of halogens is 1. The van der Waals surface area contributed by atoms with Crippen LogP contribution in [0.2, 0.25) is 0 Å². The zero-order chi connectivity index (χ0) is 18.7. The number of amides is 1. The molecule has 26 heavy (non-hydrogen) atoms. The lowest BCUT2D eigenvalue weighted by atomic mass is 9.95. The highest BCUT2D eigenvalue weighted by molar-refractivity contribution is 5.94. The second-order valence-corrected chi connectivity index (χ2v) is 6.45. The molecule has 1 amide bonds.